The molecule has 2 heterocycles. The van der Waals surface area contributed by atoms with Gasteiger partial charge in [0.25, 0.3) is 0 Å². The normalized spacial score (nSPS) is 39.4. The van der Waals surface area contributed by atoms with Crippen LogP contribution in [-0.2, 0) is 0 Å². The molecule has 1 N–H and O–H groups in total. The molecule has 82 valence electrons. The Bertz CT molecular complexity index is 185. The first kappa shape index (κ1) is 10.4. The molecule has 2 aliphatic heterocycles. The highest BCUT2D eigenvalue weighted by Crippen LogP contribution is 2.30. The van der Waals surface area contributed by atoms with Crippen molar-refractivity contribution in [2.45, 2.75) is 45.1 Å². The molecule has 0 bridgehead atoms. The van der Waals surface area contributed by atoms with Gasteiger partial charge in [0.15, 0.2) is 0 Å². The van der Waals surface area contributed by atoms with E-state index in [0.717, 1.165) is 5.92 Å². The predicted octanol–water partition coefficient (Wildman–Crippen LogP) is 1.86. The van der Waals surface area contributed by atoms with Crippen LogP contribution in [0.25, 0.3) is 0 Å². The molecule has 2 aliphatic rings. The summed E-state index contributed by atoms with van der Waals surface area (Å²) in [4.78, 5) is 2.59. The Morgan fingerprint density at radius 3 is 2.93 bits per heavy atom. The molecule has 2 saturated heterocycles. The van der Waals surface area contributed by atoms with Crippen molar-refractivity contribution in [2.75, 3.05) is 26.2 Å². The van der Waals surface area contributed by atoms with Crippen molar-refractivity contribution in [3.63, 3.8) is 0 Å². The van der Waals surface area contributed by atoms with Gasteiger partial charge in [-0.05, 0) is 58.2 Å². The lowest BCUT2D eigenvalue weighted by Gasteiger charge is -2.27. The Labute approximate surface area is 88.1 Å². The highest BCUT2D eigenvalue weighted by molar-refractivity contribution is 4.92. The van der Waals surface area contributed by atoms with Crippen LogP contribution in [0, 0.1) is 5.92 Å². The molecule has 2 nitrogen and oxygen atoms in total. The monoisotopic (exact) mass is 196 g/mol. The van der Waals surface area contributed by atoms with Gasteiger partial charge in [-0.1, -0.05) is 6.92 Å². The van der Waals surface area contributed by atoms with E-state index >= 15 is 0 Å². The highest BCUT2D eigenvalue weighted by Gasteiger charge is 2.33. The standard InChI is InChI=1S/C12H24N2/c1-3-14-8-5-11(10-14)9-12(2)6-4-7-13-12/h11,13H,3-10H2,1-2H3. The summed E-state index contributed by atoms with van der Waals surface area (Å²) in [6, 6.07) is 0. The average Bonchev–Trinajstić information content (AvgIpc) is 2.75. The van der Waals surface area contributed by atoms with E-state index in [4.69, 9.17) is 0 Å². The van der Waals surface area contributed by atoms with Gasteiger partial charge in [-0.3, -0.25) is 0 Å². The van der Waals surface area contributed by atoms with E-state index in [0.29, 0.717) is 5.54 Å². The summed E-state index contributed by atoms with van der Waals surface area (Å²) < 4.78 is 0. The van der Waals surface area contributed by atoms with Crippen LogP contribution in [0.1, 0.15) is 39.5 Å². The number of nitrogens with zero attached hydrogens (tertiary/aromatic N) is 1. The highest BCUT2D eigenvalue weighted by atomic mass is 15.1. The smallest absolute Gasteiger partial charge is 0.0156 e. The minimum absolute atomic E-state index is 0.467. The third kappa shape index (κ3) is 2.29. The lowest BCUT2D eigenvalue weighted by atomic mass is 9.87. The summed E-state index contributed by atoms with van der Waals surface area (Å²) in [7, 11) is 0. The van der Waals surface area contributed by atoms with Gasteiger partial charge in [0, 0.05) is 12.1 Å². The van der Waals surface area contributed by atoms with Crippen LogP contribution < -0.4 is 5.32 Å². The zero-order chi connectivity index (χ0) is 10.0. The molecule has 0 amide bonds. The summed E-state index contributed by atoms with van der Waals surface area (Å²) in [6.07, 6.45) is 5.57. The van der Waals surface area contributed by atoms with Gasteiger partial charge in [0.05, 0.1) is 0 Å². The van der Waals surface area contributed by atoms with E-state index in [-0.39, 0.29) is 0 Å². The fourth-order valence-electron chi connectivity index (χ4n) is 3.14. The minimum Gasteiger partial charge on any atom is -0.312 e. The Morgan fingerprint density at radius 2 is 2.36 bits per heavy atom. The van der Waals surface area contributed by atoms with Crippen molar-refractivity contribution >= 4 is 0 Å². The molecule has 2 rings (SSSR count). The second-order valence-corrected chi connectivity index (χ2v) is 5.34. The van der Waals surface area contributed by atoms with Crippen molar-refractivity contribution in [1.29, 1.82) is 0 Å². The first-order chi connectivity index (χ1) is 6.72. The predicted molar refractivity (Wildman–Crippen MR) is 60.5 cm³/mol. The zero-order valence-electron chi connectivity index (χ0n) is 9.68. The Kier molecular flexibility index (Phi) is 3.13. The van der Waals surface area contributed by atoms with Crippen LogP contribution in [0.3, 0.4) is 0 Å². The Balaban J connectivity index is 1.80. The Hall–Kier alpha value is -0.0800. The third-order valence-corrected chi connectivity index (χ3v) is 4.01. The SMILES string of the molecule is CCN1CCC(CC2(C)CCCN2)C1. The molecule has 2 unspecified atom stereocenters. The first-order valence-electron chi connectivity index (χ1n) is 6.19. The minimum atomic E-state index is 0.467. The maximum Gasteiger partial charge on any atom is 0.0156 e. The van der Waals surface area contributed by atoms with Gasteiger partial charge >= 0.3 is 0 Å². The van der Waals surface area contributed by atoms with E-state index in [9.17, 15) is 0 Å². The van der Waals surface area contributed by atoms with E-state index in [1.54, 1.807) is 0 Å². The van der Waals surface area contributed by atoms with E-state index in [1.165, 1.54) is 51.9 Å². The van der Waals surface area contributed by atoms with Gasteiger partial charge in [-0.2, -0.15) is 0 Å². The van der Waals surface area contributed by atoms with Crippen LogP contribution in [0.4, 0.5) is 0 Å². The summed E-state index contributed by atoms with van der Waals surface area (Å²) in [5.74, 6) is 0.950. The number of hydrogen-bond donors (Lipinski definition) is 1. The van der Waals surface area contributed by atoms with E-state index in [2.05, 4.69) is 24.1 Å². The third-order valence-electron chi connectivity index (χ3n) is 4.01. The van der Waals surface area contributed by atoms with Crippen LogP contribution in [0.2, 0.25) is 0 Å². The van der Waals surface area contributed by atoms with Crippen LogP contribution in [0.5, 0.6) is 0 Å². The van der Waals surface area contributed by atoms with Crippen molar-refractivity contribution in [3.8, 4) is 0 Å². The van der Waals surface area contributed by atoms with Gasteiger partial charge in [0.1, 0.15) is 0 Å². The maximum absolute atomic E-state index is 3.67. The second-order valence-electron chi connectivity index (χ2n) is 5.34. The lowest BCUT2D eigenvalue weighted by molar-refractivity contribution is 0.288. The molecule has 14 heavy (non-hydrogen) atoms. The topological polar surface area (TPSA) is 15.3 Å². The molecule has 2 atom stereocenters. The molecule has 2 fully saturated rings. The number of likely N-dealkylation sites (tertiary alicyclic amines) is 1. The summed E-state index contributed by atoms with van der Waals surface area (Å²) in [5, 5.41) is 3.67. The molecular weight excluding hydrogens is 172 g/mol. The maximum atomic E-state index is 3.67. The molecule has 0 aromatic rings. The number of hydrogen-bond acceptors (Lipinski definition) is 2. The molecule has 0 spiro atoms. The summed E-state index contributed by atoms with van der Waals surface area (Å²) >= 11 is 0. The summed E-state index contributed by atoms with van der Waals surface area (Å²) in [6.45, 7) is 9.83. The molecule has 2 heteroatoms. The van der Waals surface area contributed by atoms with Crippen molar-refractivity contribution < 1.29 is 0 Å². The van der Waals surface area contributed by atoms with Gasteiger partial charge in [-0.25, -0.2) is 0 Å². The quantitative estimate of drug-likeness (QED) is 0.741. The lowest BCUT2D eigenvalue weighted by Crippen LogP contribution is -2.38. The fourth-order valence-corrected chi connectivity index (χ4v) is 3.14. The van der Waals surface area contributed by atoms with Crippen molar-refractivity contribution in [1.82, 2.24) is 10.2 Å². The van der Waals surface area contributed by atoms with Gasteiger partial charge in [0.2, 0.25) is 0 Å². The average molecular weight is 196 g/mol. The van der Waals surface area contributed by atoms with Crippen LogP contribution in [0.15, 0.2) is 0 Å². The fraction of sp³-hybridized carbons (Fsp3) is 1.00. The molecule has 0 saturated carbocycles. The van der Waals surface area contributed by atoms with E-state index < -0.39 is 0 Å². The van der Waals surface area contributed by atoms with Crippen molar-refractivity contribution in [2.24, 2.45) is 5.92 Å². The second kappa shape index (κ2) is 4.19. The summed E-state index contributed by atoms with van der Waals surface area (Å²) in [5.41, 5.74) is 0.467. The van der Waals surface area contributed by atoms with Crippen molar-refractivity contribution in [3.05, 3.63) is 0 Å². The molecule has 0 aliphatic carbocycles. The molecule has 0 radical (unpaired) electrons. The number of rotatable bonds is 3. The zero-order valence-corrected chi connectivity index (χ0v) is 9.68. The first-order valence-corrected chi connectivity index (χ1v) is 6.19. The van der Waals surface area contributed by atoms with Crippen LogP contribution >= 0.6 is 0 Å². The van der Waals surface area contributed by atoms with E-state index in [1.807, 2.05) is 0 Å². The molecule has 0 aromatic heterocycles. The molecule has 0 aromatic carbocycles. The number of nitrogens with one attached hydrogen (secondary N) is 1. The largest absolute Gasteiger partial charge is 0.312 e. The Morgan fingerprint density at radius 1 is 1.50 bits per heavy atom. The van der Waals surface area contributed by atoms with Gasteiger partial charge in [-0.15, -0.1) is 0 Å². The van der Waals surface area contributed by atoms with Gasteiger partial charge < -0.3 is 10.2 Å². The van der Waals surface area contributed by atoms with Crippen LogP contribution in [-0.4, -0.2) is 36.6 Å². The molecular formula is C12H24N2.